The van der Waals surface area contributed by atoms with Gasteiger partial charge in [0.1, 0.15) is 0 Å². The molecule has 0 aromatic heterocycles. The molecule has 0 radical (unpaired) electrons. The summed E-state index contributed by atoms with van der Waals surface area (Å²) < 4.78 is 0. The summed E-state index contributed by atoms with van der Waals surface area (Å²) in [6.07, 6.45) is 2.97. The van der Waals surface area contributed by atoms with Gasteiger partial charge in [-0.3, -0.25) is 9.69 Å². The molecule has 0 bridgehead atoms. The second-order valence-electron chi connectivity index (χ2n) is 5.98. The first-order valence-electron chi connectivity index (χ1n) is 7.64. The van der Waals surface area contributed by atoms with Crippen molar-refractivity contribution in [3.63, 3.8) is 0 Å². The number of rotatable bonds is 5. The quantitative estimate of drug-likeness (QED) is 0.904. The van der Waals surface area contributed by atoms with Crippen molar-refractivity contribution in [1.29, 1.82) is 5.26 Å². The van der Waals surface area contributed by atoms with Crippen LogP contribution in [0.4, 0.5) is 5.69 Å². The third-order valence-corrected chi connectivity index (χ3v) is 4.09. The Hall–Kier alpha value is -1.86. The molecule has 1 aromatic rings. The van der Waals surface area contributed by atoms with Crippen LogP contribution >= 0.6 is 0 Å². The smallest absolute Gasteiger partial charge is 0.225 e. The molecule has 1 heterocycles. The molecule has 4 heteroatoms. The number of carbonyl (C=O) groups is 1. The van der Waals surface area contributed by atoms with Gasteiger partial charge in [0.15, 0.2) is 0 Å². The second-order valence-corrected chi connectivity index (χ2v) is 5.98. The fraction of sp³-hybridized carbons (Fsp3) is 0.529. The maximum absolute atomic E-state index is 12.0. The molecule has 21 heavy (non-hydrogen) atoms. The van der Waals surface area contributed by atoms with Crippen molar-refractivity contribution < 1.29 is 4.79 Å². The predicted octanol–water partition coefficient (Wildman–Crippen LogP) is 3.01. The van der Waals surface area contributed by atoms with Crippen LogP contribution in [0.3, 0.4) is 0 Å². The van der Waals surface area contributed by atoms with Gasteiger partial charge in [0.05, 0.1) is 11.6 Å². The van der Waals surface area contributed by atoms with Gasteiger partial charge in [-0.25, -0.2) is 0 Å². The number of amides is 1. The van der Waals surface area contributed by atoms with E-state index in [0.717, 1.165) is 13.1 Å². The van der Waals surface area contributed by atoms with Crippen molar-refractivity contribution in [3.8, 4) is 6.07 Å². The third-order valence-electron chi connectivity index (χ3n) is 4.09. The van der Waals surface area contributed by atoms with E-state index in [1.807, 2.05) is 6.07 Å². The average Bonchev–Trinajstić information content (AvgIpc) is 2.94. The van der Waals surface area contributed by atoms with E-state index in [9.17, 15) is 4.79 Å². The molecule has 1 aliphatic heterocycles. The van der Waals surface area contributed by atoms with Gasteiger partial charge >= 0.3 is 0 Å². The van der Waals surface area contributed by atoms with Crippen LogP contribution in [0.15, 0.2) is 24.3 Å². The first-order chi connectivity index (χ1) is 10.1. The molecule has 0 aliphatic carbocycles. The predicted molar refractivity (Wildman–Crippen MR) is 83.8 cm³/mol. The molecular weight excluding hydrogens is 262 g/mol. The maximum atomic E-state index is 12.0. The molecule has 1 amide bonds. The second kappa shape index (κ2) is 7.24. The van der Waals surface area contributed by atoms with Gasteiger partial charge < -0.3 is 5.32 Å². The lowest BCUT2D eigenvalue weighted by Gasteiger charge is -2.27. The number of carbonyl (C=O) groups excluding carboxylic acids is 1. The number of likely N-dealkylation sites (tertiary alicyclic amines) is 1. The van der Waals surface area contributed by atoms with E-state index in [1.54, 1.807) is 18.2 Å². The van der Waals surface area contributed by atoms with Crippen molar-refractivity contribution >= 4 is 11.6 Å². The highest BCUT2D eigenvalue weighted by Gasteiger charge is 2.26. The van der Waals surface area contributed by atoms with E-state index in [1.165, 1.54) is 12.8 Å². The number of nitrogens with one attached hydrogen (secondary N) is 1. The zero-order valence-corrected chi connectivity index (χ0v) is 12.8. The number of nitrogens with zero attached hydrogens (tertiary/aromatic N) is 2. The number of nitriles is 1. The summed E-state index contributed by atoms with van der Waals surface area (Å²) in [6, 6.07) is 9.71. The Morgan fingerprint density at radius 1 is 1.52 bits per heavy atom. The van der Waals surface area contributed by atoms with Gasteiger partial charge in [0, 0.05) is 24.7 Å². The summed E-state index contributed by atoms with van der Waals surface area (Å²) in [5, 5.41) is 11.7. The Kier molecular flexibility index (Phi) is 5.35. The summed E-state index contributed by atoms with van der Waals surface area (Å²) in [4.78, 5) is 14.5. The summed E-state index contributed by atoms with van der Waals surface area (Å²) in [7, 11) is 0. The summed E-state index contributed by atoms with van der Waals surface area (Å²) in [6.45, 7) is 6.40. The highest BCUT2D eigenvalue weighted by atomic mass is 16.1. The van der Waals surface area contributed by atoms with Crippen LogP contribution in [0.1, 0.15) is 38.7 Å². The molecule has 0 saturated carbocycles. The van der Waals surface area contributed by atoms with Crippen molar-refractivity contribution in [3.05, 3.63) is 29.8 Å². The molecule has 1 aromatic carbocycles. The molecule has 4 nitrogen and oxygen atoms in total. The fourth-order valence-electron chi connectivity index (χ4n) is 3.02. The molecule has 1 N–H and O–H groups in total. The number of anilines is 1. The molecule has 1 atom stereocenters. The largest absolute Gasteiger partial charge is 0.326 e. The summed E-state index contributed by atoms with van der Waals surface area (Å²) in [5.41, 5.74) is 1.26. The van der Waals surface area contributed by atoms with Gasteiger partial charge in [-0.05, 0) is 43.5 Å². The van der Waals surface area contributed by atoms with Crippen LogP contribution < -0.4 is 5.32 Å². The SMILES string of the molecule is CC(C)C1CCCN1CCC(=O)Nc1cccc(C#N)c1. The van der Waals surface area contributed by atoms with E-state index >= 15 is 0 Å². The van der Waals surface area contributed by atoms with Gasteiger partial charge in [0.25, 0.3) is 0 Å². The normalized spacial score (nSPS) is 18.7. The van der Waals surface area contributed by atoms with Crippen LogP contribution in [0.2, 0.25) is 0 Å². The van der Waals surface area contributed by atoms with Crippen LogP contribution in [-0.2, 0) is 4.79 Å². The monoisotopic (exact) mass is 285 g/mol. The zero-order chi connectivity index (χ0) is 15.2. The van der Waals surface area contributed by atoms with Gasteiger partial charge in [-0.15, -0.1) is 0 Å². The average molecular weight is 285 g/mol. The van der Waals surface area contributed by atoms with Crippen LogP contribution in [0.25, 0.3) is 0 Å². The molecule has 1 saturated heterocycles. The van der Waals surface area contributed by atoms with Gasteiger partial charge in [-0.2, -0.15) is 5.26 Å². The first kappa shape index (κ1) is 15.5. The van der Waals surface area contributed by atoms with E-state index in [0.29, 0.717) is 29.6 Å². The highest BCUT2D eigenvalue weighted by molar-refractivity contribution is 5.90. The van der Waals surface area contributed by atoms with E-state index in [2.05, 4.69) is 30.1 Å². The Bertz CT molecular complexity index is 533. The van der Waals surface area contributed by atoms with Crippen molar-refractivity contribution in [2.24, 2.45) is 5.92 Å². The lowest BCUT2D eigenvalue weighted by atomic mass is 10.0. The zero-order valence-electron chi connectivity index (χ0n) is 12.8. The minimum absolute atomic E-state index is 0.0134. The topological polar surface area (TPSA) is 56.1 Å². The molecule has 2 rings (SSSR count). The van der Waals surface area contributed by atoms with Crippen LogP contribution in [0, 0.1) is 17.2 Å². The summed E-state index contributed by atoms with van der Waals surface area (Å²) >= 11 is 0. The summed E-state index contributed by atoms with van der Waals surface area (Å²) in [5.74, 6) is 0.655. The van der Waals surface area contributed by atoms with Gasteiger partial charge in [-0.1, -0.05) is 19.9 Å². The van der Waals surface area contributed by atoms with Crippen molar-refractivity contribution in [1.82, 2.24) is 4.90 Å². The number of benzene rings is 1. The Balaban J connectivity index is 1.83. The van der Waals surface area contributed by atoms with Crippen LogP contribution in [0.5, 0.6) is 0 Å². The number of hydrogen-bond acceptors (Lipinski definition) is 3. The Morgan fingerprint density at radius 3 is 3.05 bits per heavy atom. The fourth-order valence-corrected chi connectivity index (χ4v) is 3.02. The molecule has 1 unspecified atom stereocenters. The third kappa shape index (κ3) is 4.30. The van der Waals surface area contributed by atoms with Crippen LogP contribution in [-0.4, -0.2) is 29.9 Å². The molecule has 0 spiro atoms. The van der Waals surface area contributed by atoms with Crippen molar-refractivity contribution in [2.75, 3.05) is 18.4 Å². The van der Waals surface area contributed by atoms with Crippen molar-refractivity contribution in [2.45, 2.75) is 39.2 Å². The minimum atomic E-state index is 0.0134. The molecule has 112 valence electrons. The number of hydrogen-bond donors (Lipinski definition) is 1. The van der Waals surface area contributed by atoms with E-state index < -0.39 is 0 Å². The Morgan fingerprint density at radius 2 is 2.33 bits per heavy atom. The lowest BCUT2D eigenvalue weighted by molar-refractivity contribution is -0.116. The van der Waals surface area contributed by atoms with E-state index in [-0.39, 0.29) is 5.91 Å². The minimum Gasteiger partial charge on any atom is -0.326 e. The van der Waals surface area contributed by atoms with Gasteiger partial charge in [0.2, 0.25) is 5.91 Å². The highest BCUT2D eigenvalue weighted by Crippen LogP contribution is 2.23. The first-order valence-corrected chi connectivity index (χ1v) is 7.64. The lowest BCUT2D eigenvalue weighted by Crippen LogP contribution is -2.35. The molecular formula is C17H23N3O. The molecule has 1 aliphatic rings. The Labute approximate surface area is 126 Å². The molecule has 1 fully saturated rings. The van der Waals surface area contributed by atoms with E-state index in [4.69, 9.17) is 5.26 Å². The maximum Gasteiger partial charge on any atom is 0.225 e. The standard InChI is InChI=1S/C17H23N3O/c1-13(2)16-7-4-9-20(16)10-8-17(21)19-15-6-3-5-14(11-15)12-18/h3,5-6,11,13,16H,4,7-10H2,1-2H3,(H,19,21).